The van der Waals surface area contributed by atoms with Gasteiger partial charge in [-0.25, -0.2) is 0 Å². The Morgan fingerprint density at radius 1 is 1.00 bits per heavy atom. The topological polar surface area (TPSA) is 41.1 Å². The molecule has 0 spiro atoms. The summed E-state index contributed by atoms with van der Waals surface area (Å²) in [6.07, 6.45) is 10.6. The Morgan fingerprint density at radius 3 is 2.31 bits per heavy atom. The van der Waals surface area contributed by atoms with Crippen molar-refractivity contribution in [2.45, 2.75) is 57.4 Å². The molecule has 3 heteroatoms. The summed E-state index contributed by atoms with van der Waals surface area (Å²) in [7, 11) is 0. The van der Waals surface area contributed by atoms with Crippen LogP contribution in [0.5, 0.6) is 0 Å². The van der Waals surface area contributed by atoms with E-state index in [1.807, 2.05) is 0 Å². The molecule has 0 aromatic rings. The minimum absolute atomic E-state index is 0.177. The maximum absolute atomic E-state index is 11.4. The van der Waals surface area contributed by atoms with Crippen LogP contribution in [0.4, 0.5) is 0 Å². The van der Waals surface area contributed by atoms with E-state index in [9.17, 15) is 4.79 Å². The molecule has 0 bridgehead atoms. The molecule has 2 N–H and O–H groups in total. The smallest absolute Gasteiger partial charge is 0.234 e. The van der Waals surface area contributed by atoms with E-state index in [0.717, 1.165) is 12.5 Å². The van der Waals surface area contributed by atoms with Gasteiger partial charge in [-0.1, -0.05) is 25.7 Å². The Balaban J connectivity index is 1.53. The van der Waals surface area contributed by atoms with E-state index in [4.69, 9.17) is 0 Å². The van der Waals surface area contributed by atoms with E-state index in [1.165, 1.54) is 51.4 Å². The molecule has 3 nitrogen and oxygen atoms in total. The summed E-state index contributed by atoms with van der Waals surface area (Å²) in [5, 5.41) is 6.31. The average Bonchev–Trinajstić information content (AvgIpc) is 3.05. The van der Waals surface area contributed by atoms with Gasteiger partial charge < -0.3 is 10.6 Å². The van der Waals surface area contributed by atoms with Gasteiger partial charge in [0.15, 0.2) is 0 Å². The highest BCUT2D eigenvalue weighted by molar-refractivity contribution is 5.78. The summed E-state index contributed by atoms with van der Waals surface area (Å²) in [6, 6.07) is 0.493. The molecule has 0 atom stereocenters. The standard InChI is InChI=1S/C13H24N2O/c16-13(15-12-7-8-12)10-14-9-11-5-3-1-2-4-6-11/h11-12,14H,1-10H2,(H,15,16). The molecule has 0 aromatic carbocycles. The highest BCUT2D eigenvalue weighted by Crippen LogP contribution is 2.22. The van der Waals surface area contributed by atoms with Gasteiger partial charge in [0.2, 0.25) is 5.91 Å². The van der Waals surface area contributed by atoms with Crippen molar-refractivity contribution in [3.63, 3.8) is 0 Å². The number of hydrogen-bond donors (Lipinski definition) is 2. The Kier molecular flexibility index (Phi) is 4.64. The minimum Gasteiger partial charge on any atom is -0.352 e. The van der Waals surface area contributed by atoms with Crippen molar-refractivity contribution in [2.24, 2.45) is 5.92 Å². The van der Waals surface area contributed by atoms with E-state index in [2.05, 4.69) is 10.6 Å². The number of rotatable bonds is 5. The molecule has 2 saturated carbocycles. The lowest BCUT2D eigenvalue weighted by Gasteiger charge is -2.14. The maximum atomic E-state index is 11.4. The van der Waals surface area contributed by atoms with Crippen molar-refractivity contribution >= 4 is 5.91 Å². The van der Waals surface area contributed by atoms with Gasteiger partial charge in [0.25, 0.3) is 0 Å². The van der Waals surface area contributed by atoms with Crippen LogP contribution < -0.4 is 10.6 Å². The predicted molar refractivity (Wildman–Crippen MR) is 65.2 cm³/mol. The van der Waals surface area contributed by atoms with Gasteiger partial charge in [0.1, 0.15) is 0 Å². The molecule has 0 saturated heterocycles. The number of amides is 1. The molecule has 2 rings (SSSR count). The van der Waals surface area contributed by atoms with Crippen LogP contribution in [0.15, 0.2) is 0 Å². The lowest BCUT2D eigenvalue weighted by Crippen LogP contribution is -2.36. The molecule has 0 radical (unpaired) electrons. The molecular weight excluding hydrogens is 200 g/mol. The molecule has 2 aliphatic rings. The van der Waals surface area contributed by atoms with Crippen molar-refractivity contribution in [2.75, 3.05) is 13.1 Å². The van der Waals surface area contributed by atoms with Crippen LogP contribution in [0.2, 0.25) is 0 Å². The summed E-state index contributed by atoms with van der Waals surface area (Å²) >= 11 is 0. The molecule has 16 heavy (non-hydrogen) atoms. The second-order valence-electron chi connectivity index (χ2n) is 5.33. The number of carbonyl (C=O) groups excluding carboxylic acids is 1. The van der Waals surface area contributed by atoms with Crippen LogP contribution in [-0.2, 0) is 4.79 Å². The summed E-state index contributed by atoms with van der Waals surface area (Å²) in [5.41, 5.74) is 0. The third-order valence-electron chi connectivity index (χ3n) is 3.64. The normalized spacial score (nSPS) is 22.8. The van der Waals surface area contributed by atoms with Crippen LogP contribution in [0.3, 0.4) is 0 Å². The van der Waals surface area contributed by atoms with Crippen molar-refractivity contribution < 1.29 is 4.79 Å². The summed E-state index contributed by atoms with van der Waals surface area (Å²) in [4.78, 5) is 11.4. The van der Waals surface area contributed by atoms with Gasteiger partial charge in [-0.15, -0.1) is 0 Å². The van der Waals surface area contributed by atoms with Crippen LogP contribution in [0.1, 0.15) is 51.4 Å². The second kappa shape index (κ2) is 6.24. The summed E-state index contributed by atoms with van der Waals surface area (Å²) in [5.74, 6) is 0.979. The Bertz CT molecular complexity index is 218. The van der Waals surface area contributed by atoms with E-state index >= 15 is 0 Å². The van der Waals surface area contributed by atoms with Crippen LogP contribution in [0, 0.1) is 5.92 Å². The largest absolute Gasteiger partial charge is 0.352 e. The van der Waals surface area contributed by atoms with Crippen LogP contribution in [0.25, 0.3) is 0 Å². The number of carbonyl (C=O) groups is 1. The Labute approximate surface area is 98.4 Å². The molecule has 2 aliphatic carbocycles. The second-order valence-corrected chi connectivity index (χ2v) is 5.33. The average molecular weight is 224 g/mol. The first-order chi connectivity index (χ1) is 7.84. The first-order valence-electron chi connectivity index (χ1n) is 6.84. The fourth-order valence-electron chi connectivity index (χ4n) is 2.46. The third-order valence-corrected chi connectivity index (χ3v) is 3.64. The van der Waals surface area contributed by atoms with Crippen molar-refractivity contribution in [1.82, 2.24) is 10.6 Å². The zero-order chi connectivity index (χ0) is 11.2. The van der Waals surface area contributed by atoms with Crippen molar-refractivity contribution in [3.05, 3.63) is 0 Å². The fourth-order valence-corrected chi connectivity index (χ4v) is 2.46. The summed E-state index contributed by atoms with van der Waals surface area (Å²) in [6.45, 7) is 1.53. The van der Waals surface area contributed by atoms with Gasteiger partial charge in [0.05, 0.1) is 6.54 Å². The lowest BCUT2D eigenvalue weighted by atomic mass is 10.0. The highest BCUT2D eigenvalue weighted by Gasteiger charge is 2.22. The molecular formula is C13H24N2O. The van der Waals surface area contributed by atoms with Gasteiger partial charge in [0, 0.05) is 6.04 Å². The molecule has 0 heterocycles. The number of nitrogens with one attached hydrogen (secondary N) is 2. The van der Waals surface area contributed by atoms with E-state index in [1.54, 1.807) is 0 Å². The predicted octanol–water partition coefficient (Wildman–Crippen LogP) is 1.82. The minimum atomic E-state index is 0.177. The monoisotopic (exact) mass is 224 g/mol. The number of hydrogen-bond acceptors (Lipinski definition) is 2. The van der Waals surface area contributed by atoms with E-state index in [-0.39, 0.29) is 5.91 Å². The van der Waals surface area contributed by atoms with Gasteiger partial charge in [-0.2, -0.15) is 0 Å². The fraction of sp³-hybridized carbons (Fsp3) is 0.923. The third kappa shape index (κ3) is 4.52. The molecule has 0 unspecified atom stereocenters. The van der Waals surface area contributed by atoms with Gasteiger partial charge in [-0.3, -0.25) is 4.79 Å². The van der Waals surface area contributed by atoms with Crippen molar-refractivity contribution in [1.29, 1.82) is 0 Å². The zero-order valence-electron chi connectivity index (χ0n) is 10.1. The Hall–Kier alpha value is -0.570. The Morgan fingerprint density at radius 2 is 1.69 bits per heavy atom. The lowest BCUT2D eigenvalue weighted by molar-refractivity contribution is -0.120. The van der Waals surface area contributed by atoms with Crippen LogP contribution in [-0.4, -0.2) is 25.0 Å². The maximum Gasteiger partial charge on any atom is 0.234 e. The molecule has 0 aromatic heterocycles. The van der Waals surface area contributed by atoms with Crippen LogP contribution >= 0.6 is 0 Å². The highest BCUT2D eigenvalue weighted by atomic mass is 16.2. The molecule has 2 fully saturated rings. The zero-order valence-corrected chi connectivity index (χ0v) is 10.1. The first-order valence-corrected chi connectivity index (χ1v) is 6.84. The summed E-state index contributed by atoms with van der Waals surface area (Å²) < 4.78 is 0. The van der Waals surface area contributed by atoms with Gasteiger partial charge in [-0.05, 0) is 38.1 Å². The molecule has 0 aliphatic heterocycles. The quantitative estimate of drug-likeness (QED) is 0.699. The SMILES string of the molecule is O=C(CNCC1CCCCCC1)NC1CC1. The van der Waals surface area contributed by atoms with Crippen molar-refractivity contribution in [3.8, 4) is 0 Å². The van der Waals surface area contributed by atoms with E-state index in [0.29, 0.717) is 12.6 Å². The first kappa shape index (κ1) is 11.9. The molecule has 92 valence electrons. The van der Waals surface area contributed by atoms with E-state index < -0.39 is 0 Å². The van der Waals surface area contributed by atoms with Gasteiger partial charge >= 0.3 is 0 Å². The molecule has 1 amide bonds.